The summed E-state index contributed by atoms with van der Waals surface area (Å²) in [7, 11) is 0. The molecule has 0 aliphatic carbocycles. The van der Waals surface area contributed by atoms with Gasteiger partial charge in [-0.3, -0.25) is 9.78 Å². The van der Waals surface area contributed by atoms with Crippen LogP contribution in [0.1, 0.15) is 23.2 Å². The van der Waals surface area contributed by atoms with E-state index in [0.717, 1.165) is 17.3 Å². The van der Waals surface area contributed by atoms with Crippen LogP contribution in [0.4, 0.5) is 0 Å². The van der Waals surface area contributed by atoms with E-state index in [4.69, 9.17) is 0 Å². The molecule has 0 saturated carbocycles. The number of aromatic nitrogens is 1. The van der Waals surface area contributed by atoms with Crippen molar-refractivity contribution < 1.29 is 9.90 Å². The van der Waals surface area contributed by atoms with E-state index in [1.807, 2.05) is 0 Å². The van der Waals surface area contributed by atoms with Gasteiger partial charge in [0.1, 0.15) is 5.75 Å². The third kappa shape index (κ3) is 4.03. The van der Waals surface area contributed by atoms with Crippen LogP contribution in [-0.4, -0.2) is 27.0 Å². The second kappa shape index (κ2) is 6.60. The molecule has 5 heteroatoms. The number of nitrogens with one attached hydrogen (secondary N) is 1. The smallest absolute Gasteiger partial charge is 0.255 e. The summed E-state index contributed by atoms with van der Waals surface area (Å²) >= 11 is 2.30. The molecule has 0 unspecified atom stereocenters. The second-order valence-corrected chi connectivity index (χ2v) is 4.12. The highest BCUT2D eigenvalue weighted by Gasteiger charge is 2.09. The van der Waals surface area contributed by atoms with Crippen molar-refractivity contribution in [3.8, 4) is 5.75 Å². The highest BCUT2D eigenvalue weighted by molar-refractivity contribution is 14.1. The topological polar surface area (TPSA) is 62.2 Å². The van der Waals surface area contributed by atoms with E-state index >= 15 is 0 Å². The zero-order chi connectivity index (χ0) is 11.1. The summed E-state index contributed by atoms with van der Waals surface area (Å²) in [6, 6.07) is 1.50. The average molecular weight is 320 g/mol. The monoisotopic (exact) mass is 320 g/mol. The number of nitrogens with zero attached hydrogens (tertiary/aromatic N) is 1. The Hall–Kier alpha value is -0.850. The molecule has 0 radical (unpaired) electrons. The van der Waals surface area contributed by atoms with Crippen LogP contribution >= 0.6 is 22.6 Å². The van der Waals surface area contributed by atoms with Crippen LogP contribution in [-0.2, 0) is 0 Å². The molecule has 1 aromatic heterocycles. The number of hydrogen-bond donors (Lipinski definition) is 2. The van der Waals surface area contributed by atoms with Gasteiger partial charge in [-0.15, -0.1) is 0 Å². The van der Waals surface area contributed by atoms with Crippen LogP contribution in [0.2, 0.25) is 0 Å². The molecular formula is C10H13IN2O2. The normalized spacial score (nSPS) is 9.93. The van der Waals surface area contributed by atoms with Gasteiger partial charge in [0, 0.05) is 12.7 Å². The van der Waals surface area contributed by atoms with E-state index in [1.54, 1.807) is 0 Å². The molecule has 2 N–H and O–H groups in total. The van der Waals surface area contributed by atoms with Crippen LogP contribution in [0.15, 0.2) is 18.5 Å². The van der Waals surface area contributed by atoms with Gasteiger partial charge in [0.25, 0.3) is 5.91 Å². The van der Waals surface area contributed by atoms with Crippen molar-refractivity contribution >= 4 is 28.5 Å². The van der Waals surface area contributed by atoms with Crippen LogP contribution in [0.3, 0.4) is 0 Å². The van der Waals surface area contributed by atoms with E-state index in [0.29, 0.717) is 6.54 Å². The van der Waals surface area contributed by atoms with E-state index in [2.05, 4.69) is 32.9 Å². The molecule has 1 amide bonds. The molecule has 0 aliphatic heterocycles. The number of alkyl halides is 1. The average Bonchev–Trinajstić information content (AvgIpc) is 2.25. The minimum Gasteiger partial charge on any atom is -0.505 e. The van der Waals surface area contributed by atoms with Crippen molar-refractivity contribution in [2.75, 3.05) is 11.0 Å². The van der Waals surface area contributed by atoms with E-state index in [9.17, 15) is 9.90 Å². The minimum atomic E-state index is -0.247. The van der Waals surface area contributed by atoms with Crippen molar-refractivity contribution in [1.82, 2.24) is 10.3 Å². The van der Waals surface area contributed by atoms with Crippen LogP contribution in [0, 0.1) is 0 Å². The van der Waals surface area contributed by atoms with Gasteiger partial charge < -0.3 is 10.4 Å². The van der Waals surface area contributed by atoms with Crippen LogP contribution in [0.5, 0.6) is 5.75 Å². The van der Waals surface area contributed by atoms with Gasteiger partial charge >= 0.3 is 0 Å². The molecule has 0 aromatic carbocycles. The lowest BCUT2D eigenvalue weighted by atomic mass is 10.2. The van der Waals surface area contributed by atoms with Gasteiger partial charge in [-0.05, 0) is 23.3 Å². The third-order valence-electron chi connectivity index (χ3n) is 1.89. The summed E-state index contributed by atoms with van der Waals surface area (Å²) in [6.45, 7) is 0.642. The van der Waals surface area contributed by atoms with Gasteiger partial charge in [0.2, 0.25) is 0 Å². The molecule has 0 spiro atoms. The molecule has 1 aromatic rings. The lowest BCUT2D eigenvalue weighted by Crippen LogP contribution is -2.24. The predicted molar refractivity (Wildman–Crippen MR) is 66.4 cm³/mol. The Morgan fingerprint density at radius 3 is 3.00 bits per heavy atom. The van der Waals surface area contributed by atoms with Crippen molar-refractivity contribution in [2.45, 2.75) is 12.8 Å². The number of amides is 1. The van der Waals surface area contributed by atoms with Gasteiger partial charge in [-0.25, -0.2) is 0 Å². The number of rotatable bonds is 5. The summed E-state index contributed by atoms with van der Waals surface area (Å²) in [5.41, 5.74) is 0.277. The maximum Gasteiger partial charge on any atom is 0.255 e. The first-order chi connectivity index (χ1) is 7.25. The number of carbonyl (C=O) groups is 1. The molecule has 1 heterocycles. The summed E-state index contributed by atoms with van der Waals surface area (Å²) in [5, 5.41) is 12.1. The number of aromatic hydroxyl groups is 1. The molecule has 0 bridgehead atoms. The van der Waals surface area contributed by atoms with Crippen molar-refractivity contribution in [2.24, 2.45) is 0 Å². The van der Waals surface area contributed by atoms with Gasteiger partial charge in [-0.1, -0.05) is 22.6 Å². The van der Waals surface area contributed by atoms with Crippen LogP contribution in [0.25, 0.3) is 0 Å². The molecule has 0 aliphatic rings. The lowest BCUT2D eigenvalue weighted by Gasteiger charge is -2.05. The van der Waals surface area contributed by atoms with Crippen molar-refractivity contribution in [3.63, 3.8) is 0 Å². The number of hydrogen-bond acceptors (Lipinski definition) is 3. The summed E-state index contributed by atoms with van der Waals surface area (Å²) in [6.07, 6.45) is 4.79. The molecule has 82 valence electrons. The van der Waals surface area contributed by atoms with Gasteiger partial charge in [0.15, 0.2) is 0 Å². The zero-order valence-corrected chi connectivity index (χ0v) is 10.4. The first kappa shape index (κ1) is 12.2. The number of unbranched alkanes of at least 4 members (excludes halogenated alkanes) is 1. The fourth-order valence-corrected chi connectivity index (χ4v) is 1.63. The first-order valence-electron chi connectivity index (χ1n) is 4.73. The molecular weight excluding hydrogens is 307 g/mol. The van der Waals surface area contributed by atoms with Crippen molar-refractivity contribution in [3.05, 3.63) is 24.0 Å². The Morgan fingerprint density at radius 2 is 2.33 bits per heavy atom. The highest BCUT2D eigenvalue weighted by atomic mass is 127. The first-order valence-corrected chi connectivity index (χ1v) is 6.25. The minimum absolute atomic E-state index is 0.0797. The Labute approximate surface area is 102 Å². The molecule has 0 fully saturated rings. The second-order valence-electron chi connectivity index (χ2n) is 3.04. The van der Waals surface area contributed by atoms with Gasteiger partial charge in [-0.2, -0.15) is 0 Å². The Kier molecular flexibility index (Phi) is 5.38. The molecule has 4 nitrogen and oxygen atoms in total. The fourth-order valence-electron chi connectivity index (χ4n) is 1.09. The molecule has 0 saturated heterocycles. The summed E-state index contributed by atoms with van der Waals surface area (Å²) < 4.78 is 1.09. The summed E-state index contributed by atoms with van der Waals surface area (Å²) in [5.74, 6) is -0.327. The molecule has 0 atom stereocenters. The maximum atomic E-state index is 11.5. The standard InChI is InChI=1S/C10H13IN2O2/c11-4-1-2-5-13-10(15)8-3-6-12-7-9(8)14/h3,6-7,14H,1-2,4-5H2,(H,13,15). The van der Waals surface area contributed by atoms with Crippen molar-refractivity contribution in [1.29, 1.82) is 0 Å². The Balaban J connectivity index is 2.44. The highest BCUT2D eigenvalue weighted by Crippen LogP contribution is 2.13. The molecule has 15 heavy (non-hydrogen) atoms. The van der Waals surface area contributed by atoms with E-state index in [1.165, 1.54) is 18.5 Å². The quantitative estimate of drug-likeness (QED) is 0.493. The Morgan fingerprint density at radius 1 is 1.53 bits per heavy atom. The van der Waals surface area contributed by atoms with E-state index < -0.39 is 0 Å². The lowest BCUT2D eigenvalue weighted by molar-refractivity contribution is 0.0950. The predicted octanol–water partition coefficient (Wildman–Crippen LogP) is 1.73. The van der Waals surface area contributed by atoms with Gasteiger partial charge in [0.05, 0.1) is 11.8 Å². The van der Waals surface area contributed by atoms with E-state index in [-0.39, 0.29) is 17.2 Å². The summed E-state index contributed by atoms with van der Waals surface area (Å²) in [4.78, 5) is 15.2. The maximum absolute atomic E-state index is 11.5. The largest absolute Gasteiger partial charge is 0.505 e. The fraction of sp³-hybridized carbons (Fsp3) is 0.400. The zero-order valence-electron chi connectivity index (χ0n) is 8.24. The SMILES string of the molecule is O=C(NCCCCI)c1ccncc1O. The number of pyridine rings is 1. The number of carbonyl (C=O) groups excluding carboxylic acids is 1. The third-order valence-corrected chi connectivity index (χ3v) is 2.65. The Bertz CT molecular complexity index is 331. The number of halogens is 1. The van der Waals surface area contributed by atoms with Crippen LogP contribution < -0.4 is 5.32 Å². The molecule has 1 rings (SSSR count).